The predicted molar refractivity (Wildman–Crippen MR) is 59.2 cm³/mol. The van der Waals surface area contributed by atoms with Crippen LogP contribution in [-0.4, -0.2) is 29.8 Å². The lowest BCUT2D eigenvalue weighted by Gasteiger charge is -2.42. The van der Waals surface area contributed by atoms with E-state index in [0.717, 1.165) is 12.0 Å². The summed E-state index contributed by atoms with van der Waals surface area (Å²) in [7, 11) is 1.71. The Hall–Kier alpha value is -1.71. The third-order valence-corrected chi connectivity index (χ3v) is 3.30. The number of carbonyl (C=O) groups excluding carboxylic acids is 1. The minimum atomic E-state index is -0.409. The van der Waals surface area contributed by atoms with Crippen LogP contribution in [0.1, 0.15) is 18.9 Å². The molecule has 1 aromatic carbocycles. The van der Waals surface area contributed by atoms with Gasteiger partial charge in [-0.2, -0.15) is 0 Å². The number of benzene rings is 1. The van der Waals surface area contributed by atoms with Crippen molar-refractivity contribution in [3.05, 3.63) is 29.8 Å². The fraction of sp³-hybridized carbons (Fsp3) is 0.417. The summed E-state index contributed by atoms with van der Waals surface area (Å²) in [6, 6.07) is 7.00. The smallest absolute Gasteiger partial charge is 0.410 e. The number of phenols is 1. The molecule has 1 aliphatic rings. The van der Waals surface area contributed by atoms with Gasteiger partial charge in [0.25, 0.3) is 0 Å². The van der Waals surface area contributed by atoms with Gasteiger partial charge in [0.05, 0.1) is 12.1 Å². The summed E-state index contributed by atoms with van der Waals surface area (Å²) in [5.74, 6) is 0.214. The van der Waals surface area contributed by atoms with Gasteiger partial charge in [-0.25, -0.2) is 4.79 Å². The summed E-state index contributed by atoms with van der Waals surface area (Å²) in [6.07, 6.45) is 0.399. The molecule has 0 aromatic heterocycles. The lowest BCUT2D eigenvalue weighted by Crippen LogP contribution is -2.49. The molecule has 0 bridgehead atoms. The third-order valence-electron chi connectivity index (χ3n) is 3.30. The molecule has 1 atom stereocenters. The summed E-state index contributed by atoms with van der Waals surface area (Å²) in [5.41, 5.74) is 0.514. The summed E-state index contributed by atoms with van der Waals surface area (Å²) < 4.78 is 4.96. The Kier molecular flexibility index (Phi) is 2.50. The Morgan fingerprint density at radius 1 is 1.50 bits per heavy atom. The summed E-state index contributed by atoms with van der Waals surface area (Å²) in [5, 5.41) is 9.48. The van der Waals surface area contributed by atoms with Gasteiger partial charge in [-0.15, -0.1) is 0 Å². The highest BCUT2D eigenvalue weighted by Gasteiger charge is 2.38. The average molecular weight is 221 g/mol. The zero-order valence-corrected chi connectivity index (χ0v) is 9.43. The van der Waals surface area contributed by atoms with E-state index < -0.39 is 5.54 Å². The Bertz CT molecular complexity index is 418. The van der Waals surface area contributed by atoms with Gasteiger partial charge in [0.1, 0.15) is 5.75 Å². The first-order valence-corrected chi connectivity index (χ1v) is 5.24. The van der Waals surface area contributed by atoms with Crippen LogP contribution in [-0.2, 0) is 10.3 Å². The third kappa shape index (κ3) is 1.60. The van der Waals surface area contributed by atoms with Crippen LogP contribution in [0.5, 0.6) is 5.75 Å². The molecule has 1 saturated heterocycles. The van der Waals surface area contributed by atoms with Crippen molar-refractivity contribution < 1.29 is 14.6 Å². The zero-order valence-electron chi connectivity index (χ0n) is 9.43. The number of nitrogens with zero attached hydrogens (tertiary/aromatic N) is 1. The van der Waals surface area contributed by atoms with Gasteiger partial charge in [0.2, 0.25) is 0 Å². The van der Waals surface area contributed by atoms with Gasteiger partial charge >= 0.3 is 6.09 Å². The molecular formula is C12H15NO3. The number of cyclic esters (lactones) is 1. The molecule has 0 radical (unpaired) electrons. The highest BCUT2D eigenvalue weighted by atomic mass is 16.6. The van der Waals surface area contributed by atoms with Crippen LogP contribution < -0.4 is 0 Å². The van der Waals surface area contributed by atoms with Crippen LogP contribution in [0.15, 0.2) is 24.3 Å². The fourth-order valence-corrected chi connectivity index (χ4v) is 1.98. The van der Waals surface area contributed by atoms with Crippen molar-refractivity contribution in [1.29, 1.82) is 0 Å². The lowest BCUT2D eigenvalue weighted by molar-refractivity contribution is 0.0146. The number of hydrogen-bond donors (Lipinski definition) is 1. The number of hydrogen-bond acceptors (Lipinski definition) is 3. The number of amides is 1. The number of aromatic hydroxyl groups is 1. The van der Waals surface area contributed by atoms with Crippen LogP contribution in [0.2, 0.25) is 0 Å². The maximum Gasteiger partial charge on any atom is 0.410 e. The van der Waals surface area contributed by atoms with Gasteiger partial charge in [0, 0.05) is 13.5 Å². The van der Waals surface area contributed by atoms with E-state index in [1.165, 1.54) is 0 Å². The number of phenolic OH excluding ortho intramolecular Hbond substituents is 1. The topological polar surface area (TPSA) is 49.8 Å². The summed E-state index contributed by atoms with van der Waals surface area (Å²) >= 11 is 0. The molecule has 4 heteroatoms. The van der Waals surface area contributed by atoms with E-state index >= 15 is 0 Å². The Balaban J connectivity index is 2.40. The van der Waals surface area contributed by atoms with Crippen molar-refractivity contribution in [3.63, 3.8) is 0 Å². The Morgan fingerprint density at radius 2 is 2.25 bits per heavy atom. The maximum absolute atomic E-state index is 11.5. The van der Waals surface area contributed by atoms with E-state index in [9.17, 15) is 9.90 Å². The van der Waals surface area contributed by atoms with Gasteiger partial charge < -0.3 is 14.7 Å². The van der Waals surface area contributed by atoms with Crippen LogP contribution in [0.3, 0.4) is 0 Å². The first-order valence-electron chi connectivity index (χ1n) is 5.24. The van der Waals surface area contributed by atoms with Gasteiger partial charge in [-0.1, -0.05) is 12.1 Å². The van der Waals surface area contributed by atoms with Crippen molar-refractivity contribution in [2.24, 2.45) is 0 Å². The van der Waals surface area contributed by atoms with Crippen molar-refractivity contribution >= 4 is 6.09 Å². The normalized spacial score (nSPS) is 25.4. The predicted octanol–water partition coefficient (Wildman–Crippen LogP) is 2.08. The lowest BCUT2D eigenvalue weighted by atomic mass is 9.86. The molecule has 2 rings (SSSR count). The highest BCUT2D eigenvalue weighted by molar-refractivity contribution is 5.69. The number of rotatable bonds is 1. The first kappa shape index (κ1) is 10.8. The second kappa shape index (κ2) is 3.70. The fourth-order valence-electron chi connectivity index (χ4n) is 1.98. The van der Waals surface area contributed by atoms with E-state index in [4.69, 9.17) is 4.74 Å². The SMILES string of the molecule is CN1C(=O)OCCC1(C)c1cccc(O)c1. The van der Waals surface area contributed by atoms with Gasteiger partial charge in [-0.3, -0.25) is 0 Å². The van der Waals surface area contributed by atoms with Gasteiger partial charge in [0.15, 0.2) is 0 Å². The van der Waals surface area contributed by atoms with Crippen LogP contribution >= 0.6 is 0 Å². The van der Waals surface area contributed by atoms with Crippen LogP contribution in [0.4, 0.5) is 4.79 Å². The summed E-state index contributed by atoms with van der Waals surface area (Å²) in [4.78, 5) is 13.1. The van der Waals surface area contributed by atoms with E-state index in [2.05, 4.69) is 0 Å². The van der Waals surface area contributed by atoms with Gasteiger partial charge in [-0.05, 0) is 24.6 Å². The Labute approximate surface area is 94.4 Å². The molecule has 1 aromatic rings. The highest BCUT2D eigenvalue weighted by Crippen LogP contribution is 2.35. The van der Waals surface area contributed by atoms with Crippen molar-refractivity contribution in [3.8, 4) is 5.75 Å². The molecule has 4 nitrogen and oxygen atoms in total. The molecule has 16 heavy (non-hydrogen) atoms. The molecule has 1 aliphatic heterocycles. The zero-order chi connectivity index (χ0) is 11.8. The van der Waals surface area contributed by atoms with Crippen molar-refractivity contribution in [2.45, 2.75) is 18.9 Å². The Morgan fingerprint density at radius 3 is 2.94 bits per heavy atom. The number of carbonyl (C=O) groups is 1. The standard InChI is InChI=1S/C12H15NO3/c1-12(6-7-16-11(15)13(12)2)9-4-3-5-10(14)8-9/h3-5,8,14H,6-7H2,1-2H3. The van der Waals surface area contributed by atoms with Crippen molar-refractivity contribution in [1.82, 2.24) is 4.90 Å². The maximum atomic E-state index is 11.5. The molecular weight excluding hydrogens is 206 g/mol. The quantitative estimate of drug-likeness (QED) is 0.789. The molecule has 0 saturated carbocycles. The van der Waals surface area contributed by atoms with Crippen LogP contribution in [0, 0.1) is 0 Å². The molecule has 1 fully saturated rings. The van der Waals surface area contributed by atoms with E-state index in [1.807, 2.05) is 13.0 Å². The van der Waals surface area contributed by atoms with Crippen LogP contribution in [0.25, 0.3) is 0 Å². The van der Waals surface area contributed by atoms with E-state index in [1.54, 1.807) is 30.1 Å². The molecule has 1 amide bonds. The second-order valence-electron chi connectivity index (χ2n) is 4.25. The minimum absolute atomic E-state index is 0.214. The molecule has 1 heterocycles. The molecule has 1 N–H and O–H groups in total. The van der Waals surface area contributed by atoms with E-state index in [-0.39, 0.29) is 11.8 Å². The number of ether oxygens (including phenoxy) is 1. The van der Waals surface area contributed by atoms with E-state index in [0.29, 0.717) is 6.61 Å². The second-order valence-corrected chi connectivity index (χ2v) is 4.25. The first-order chi connectivity index (χ1) is 7.54. The minimum Gasteiger partial charge on any atom is -0.508 e. The molecule has 0 spiro atoms. The monoisotopic (exact) mass is 221 g/mol. The average Bonchev–Trinajstić information content (AvgIpc) is 2.26. The molecule has 0 aliphatic carbocycles. The van der Waals surface area contributed by atoms with Crippen molar-refractivity contribution in [2.75, 3.05) is 13.7 Å². The summed E-state index contributed by atoms with van der Waals surface area (Å²) in [6.45, 7) is 2.39. The largest absolute Gasteiger partial charge is 0.508 e. The molecule has 86 valence electrons. The molecule has 1 unspecified atom stereocenters.